The van der Waals surface area contributed by atoms with Crippen LogP contribution in [0.15, 0.2) is 24.3 Å². The van der Waals surface area contributed by atoms with Gasteiger partial charge < -0.3 is 10.6 Å². The van der Waals surface area contributed by atoms with Crippen LogP contribution in [0, 0.1) is 5.92 Å². The fourth-order valence-electron chi connectivity index (χ4n) is 3.01. The highest BCUT2D eigenvalue weighted by molar-refractivity contribution is 6.30. The van der Waals surface area contributed by atoms with E-state index in [2.05, 4.69) is 0 Å². The lowest BCUT2D eigenvalue weighted by Gasteiger charge is -2.39. The zero-order valence-corrected chi connectivity index (χ0v) is 13.9. The third-order valence-corrected chi connectivity index (χ3v) is 4.84. The molecule has 21 heavy (non-hydrogen) atoms. The molecule has 0 saturated carbocycles. The molecule has 1 aromatic carbocycles. The number of hydrogen-bond donors (Lipinski definition) is 1. The maximum atomic E-state index is 12.9. The van der Waals surface area contributed by atoms with Crippen LogP contribution < -0.4 is 5.73 Å². The molecule has 2 unspecified atom stereocenters. The molecule has 1 fully saturated rings. The molecule has 0 aliphatic carbocycles. The number of nitrogens with two attached hydrogens (primary N) is 1. The Morgan fingerprint density at radius 1 is 1.38 bits per heavy atom. The first-order valence-electron chi connectivity index (χ1n) is 7.63. The van der Waals surface area contributed by atoms with Crippen molar-refractivity contribution in [3.05, 3.63) is 34.9 Å². The van der Waals surface area contributed by atoms with Crippen molar-refractivity contribution < 1.29 is 4.79 Å². The van der Waals surface area contributed by atoms with E-state index >= 15 is 0 Å². The molecule has 0 bridgehead atoms. The summed E-state index contributed by atoms with van der Waals surface area (Å²) in [4.78, 5) is 14.9. The summed E-state index contributed by atoms with van der Waals surface area (Å²) >= 11 is 5.93. The molecule has 1 aliphatic heterocycles. The van der Waals surface area contributed by atoms with Gasteiger partial charge in [0.05, 0.1) is 5.41 Å². The summed E-state index contributed by atoms with van der Waals surface area (Å²) in [7, 11) is 0. The Morgan fingerprint density at radius 2 is 2.00 bits per heavy atom. The normalized spacial score (nSPS) is 21.2. The van der Waals surface area contributed by atoms with Gasteiger partial charge in [-0.1, -0.05) is 23.7 Å². The van der Waals surface area contributed by atoms with E-state index < -0.39 is 5.41 Å². The van der Waals surface area contributed by atoms with Crippen LogP contribution in [0.2, 0.25) is 5.02 Å². The zero-order valence-electron chi connectivity index (χ0n) is 13.1. The van der Waals surface area contributed by atoms with E-state index in [9.17, 15) is 4.79 Å². The van der Waals surface area contributed by atoms with E-state index in [1.807, 2.05) is 49.9 Å². The van der Waals surface area contributed by atoms with Gasteiger partial charge in [0.2, 0.25) is 5.91 Å². The molecule has 2 atom stereocenters. The van der Waals surface area contributed by atoms with Gasteiger partial charge in [-0.05, 0) is 57.2 Å². The number of piperidine rings is 1. The number of rotatable bonds is 3. The summed E-state index contributed by atoms with van der Waals surface area (Å²) in [5, 5.41) is 0.692. The number of carbonyl (C=O) groups excluding carboxylic acids is 1. The number of benzene rings is 1. The quantitative estimate of drug-likeness (QED) is 0.932. The second-order valence-electron chi connectivity index (χ2n) is 6.64. The van der Waals surface area contributed by atoms with Crippen molar-refractivity contribution in [3.8, 4) is 0 Å². The molecule has 0 radical (unpaired) electrons. The number of halogens is 1. The Kier molecular flexibility index (Phi) is 4.95. The predicted molar refractivity (Wildman–Crippen MR) is 87.4 cm³/mol. The van der Waals surface area contributed by atoms with Crippen molar-refractivity contribution in [2.24, 2.45) is 11.7 Å². The molecule has 0 spiro atoms. The van der Waals surface area contributed by atoms with E-state index in [-0.39, 0.29) is 11.9 Å². The summed E-state index contributed by atoms with van der Waals surface area (Å²) in [6, 6.07) is 7.69. The van der Waals surface area contributed by atoms with Gasteiger partial charge in [0.25, 0.3) is 0 Å². The zero-order chi connectivity index (χ0) is 15.6. The number of hydrogen-bond acceptors (Lipinski definition) is 2. The summed E-state index contributed by atoms with van der Waals surface area (Å²) in [6.45, 7) is 7.59. The predicted octanol–water partition coefficient (Wildman–Crippen LogP) is 3.20. The maximum Gasteiger partial charge on any atom is 0.232 e. The highest BCUT2D eigenvalue weighted by Gasteiger charge is 2.36. The largest absolute Gasteiger partial charge is 0.342 e. The lowest BCUT2D eigenvalue weighted by Crippen LogP contribution is -2.50. The second-order valence-corrected chi connectivity index (χ2v) is 7.08. The number of amides is 1. The van der Waals surface area contributed by atoms with Crippen molar-refractivity contribution in [3.63, 3.8) is 0 Å². The van der Waals surface area contributed by atoms with E-state index in [1.54, 1.807) is 0 Å². The lowest BCUT2D eigenvalue weighted by atomic mass is 9.82. The Labute approximate surface area is 132 Å². The molecule has 2 rings (SSSR count). The third kappa shape index (κ3) is 3.58. The topological polar surface area (TPSA) is 46.3 Å². The fourth-order valence-corrected chi connectivity index (χ4v) is 3.13. The molecular formula is C17H25ClN2O. The molecule has 116 valence electrons. The van der Waals surface area contributed by atoms with Crippen LogP contribution in [0.5, 0.6) is 0 Å². The lowest BCUT2D eigenvalue weighted by molar-refractivity contribution is -0.138. The average molecular weight is 309 g/mol. The van der Waals surface area contributed by atoms with Gasteiger partial charge in [0.15, 0.2) is 0 Å². The van der Waals surface area contributed by atoms with Crippen LogP contribution in [-0.2, 0) is 10.2 Å². The van der Waals surface area contributed by atoms with Crippen LogP contribution in [-0.4, -0.2) is 29.9 Å². The minimum atomic E-state index is -0.537. The molecule has 2 N–H and O–H groups in total. The van der Waals surface area contributed by atoms with Crippen LogP contribution in [0.3, 0.4) is 0 Å². The first-order chi connectivity index (χ1) is 9.82. The Morgan fingerprint density at radius 3 is 2.57 bits per heavy atom. The second kappa shape index (κ2) is 6.37. The van der Waals surface area contributed by atoms with E-state index in [1.165, 1.54) is 0 Å². The van der Waals surface area contributed by atoms with Crippen molar-refractivity contribution in [2.45, 2.75) is 45.1 Å². The van der Waals surface area contributed by atoms with Gasteiger partial charge in [0, 0.05) is 24.2 Å². The molecular weight excluding hydrogens is 284 g/mol. The minimum absolute atomic E-state index is 0.138. The van der Waals surface area contributed by atoms with Gasteiger partial charge in [-0.15, -0.1) is 0 Å². The van der Waals surface area contributed by atoms with Crippen molar-refractivity contribution in [1.82, 2.24) is 4.90 Å². The first-order valence-corrected chi connectivity index (χ1v) is 8.01. The summed E-state index contributed by atoms with van der Waals surface area (Å²) in [6.07, 6.45) is 2.15. The third-order valence-electron chi connectivity index (χ3n) is 4.59. The molecule has 4 heteroatoms. The molecule has 1 heterocycles. The van der Waals surface area contributed by atoms with Crippen LogP contribution in [0.4, 0.5) is 0 Å². The highest BCUT2D eigenvalue weighted by Crippen LogP contribution is 2.29. The number of likely N-dealkylation sites (tertiary alicyclic amines) is 1. The van der Waals surface area contributed by atoms with E-state index in [0.29, 0.717) is 10.9 Å². The highest BCUT2D eigenvalue weighted by atomic mass is 35.5. The smallest absolute Gasteiger partial charge is 0.232 e. The monoisotopic (exact) mass is 308 g/mol. The van der Waals surface area contributed by atoms with Crippen molar-refractivity contribution in [1.29, 1.82) is 0 Å². The number of carbonyl (C=O) groups is 1. The molecule has 1 amide bonds. The SMILES string of the molecule is CC(N)C1CCCN(C(=O)C(C)(C)c2ccc(Cl)cc2)C1. The van der Waals surface area contributed by atoms with E-state index in [4.69, 9.17) is 17.3 Å². The van der Waals surface area contributed by atoms with E-state index in [0.717, 1.165) is 31.5 Å². The van der Waals surface area contributed by atoms with Crippen LogP contribution >= 0.6 is 11.6 Å². The summed E-state index contributed by atoms with van der Waals surface area (Å²) < 4.78 is 0. The van der Waals surface area contributed by atoms with Gasteiger partial charge in [0.1, 0.15) is 0 Å². The van der Waals surface area contributed by atoms with Crippen molar-refractivity contribution >= 4 is 17.5 Å². The summed E-state index contributed by atoms with van der Waals surface area (Å²) in [5.41, 5.74) is 6.48. The van der Waals surface area contributed by atoms with Gasteiger partial charge in [-0.25, -0.2) is 0 Å². The Balaban J connectivity index is 2.15. The Hall–Kier alpha value is -1.06. The van der Waals surface area contributed by atoms with Gasteiger partial charge in [-0.2, -0.15) is 0 Å². The van der Waals surface area contributed by atoms with Gasteiger partial charge >= 0.3 is 0 Å². The molecule has 0 aromatic heterocycles. The minimum Gasteiger partial charge on any atom is -0.342 e. The Bertz CT molecular complexity index is 496. The number of nitrogens with zero attached hydrogens (tertiary/aromatic N) is 1. The average Bonchev–Trinajstić information content (AvgIpc) is 2.47. The molecule has 1 saturated heterocycles. The van der Waals surface area contributed by atoms with Crippen LogP contribution in [0.25, 0.3) is 0 Å². The fraction of sp³-hybridized carbons (Fsp3) is 0.588. The first kappa shape index (κ1) is 16.3. The maximum absolute atomic E-state index is 12.9. The molecule has 3 nitrogen and oxygen atoms in total. The summed E-state index contributed by atoms with van der Waals surface area (Å²) in [5.74, 6) is 0.582. The standard InChI is InChI=1S/C17H25ClN2O/c1-12(19)13-5-4-10-20(11-13)16(21)17(2,3)14-6-8-15(18)9-7-14/h6-9,12-13H,4-5,10-11,19H2,1-3H3. The van der Waals surface area contributed by atoms with Crippen LogP contribution in [0.1, 0.15) is 39.2 Å². The van der Waals surface area contributed by atoms with Gasteiger partial charge in [-0.3, -0.25) is 4.79 Å². The molecule has 1 aliphatic rings. The van der Waals surface area contributed by atoms with Crippen molar-refractivity contribution in [2.75, 3.05) is 13.1 Å². The molecule has 1 aromatic rings.